The van der Waals surface area contributed by atoms with E-state index >= 15 is 0 Å². The standard InChI is InChI=1S/C14H22ClN3O2S/c1-16-13(14-12(15)6-3-7-17-14)9-11-5-4-8-18(10-11)21(2,19)20/h3,6-7,11,13,16H,4-5,8-10H2,1-2H3. The van der Waals surface area contributed by atoms with Crippen LogP contribution >= 0.6 is 11.6 Å². The van der Waals surface area contributed by atoms with Gasteiger partial charge in [0.25, 0.3) is 0 Å². The molecule has 2 unspecified atom stereocenters. The van der Waals surface area contributed by atoms with Gasteiger partial charge in [-0.25, -0.2) is 12.7 Å². The molecule has 2 rings (SSSR count). The lowest BCUT2D eigenvalue weighted by atomic mass is 9.91. The molecule has 5 nitrogen and oxygen atoms in total. The predicted octanol–water partition coefficient (Wildman–Crippen LogP) is 2.06. The van der Waals surface area contributed by atoms with Crippen LogP contribution in [-0.4, -0.2) is 44.1 Å². The molecule has 118 valence electrons. The first-order valence-electron chi connectivity index (χ1n) is 7.14. The number of nitrogens with one attached hydrogen (secondary N) is 1. The van der Waals surface area contributed by atoms with E-state index in [0.29, 0.717) is 24.0 Å². The molecule has 1 aliphatic heterocycles. The first-order chi connectivity index (χ1) is 9.91. The highest BCUT2D eigenvalue weighted by Crippen LogP contribution is 2.30. The third kappa shape index (κ3) is 4.39. The maximum absolute atomic E-state index is 11.7. The molecule has 1 aliphatic rings. The van der Waals surface area contributed by atoms with Gasteiger partial charge in [-0.15, -0.1) is 0 Å². The summed E-state index contributed by atoms with van der Waals surface area (Å²) in [6.07, 6.45) is 5.79. The zero-order valence-electron chi connectivity index (χ0n) is 12.4. The van der Waals surface area contributed by atoms with Crippen molar-refractivity contribution in [1.29, 1.82) is 0 Å². The summed E-state index contributed by atoms with van der Waals surface area (Å²) in [5.41, 5.74) is 0.832. The normalized spacial score (nSPS) is 22.1. The molecule has 7 heteroatoms. The van der Waals surface area contributed by atoms with E-state index in [1.54, 1.807) is 10.5 Å². The van der Waals surface area contributed by atoms with Crippen molar-refractivity contribution in [3.05, 3.63) is 29.0 Å². The van der Waals surface area contributed by atoms with Crippen LogP contribution in [0.1, 0.15) is 31.0 Å². The van der Waals surface area contributed by atoms with Crippen LogP contribution < -0.4 is 5.32 Å². The SMILES string of the molecule is CNC(CC1CCCN(S(C)(=O)=O)C1)c1ncccc1Cl. The highest BCUT2D eigenvalue weighted by Gasteiger charge is 2.28. The van der Waals surface area contributed by atoms with E-state index in [2.05, 4.69) is 10.3 Å². The van der Waals surface area contributed by atoms with Gasteiger partial charge in [0.1, 0.15) is 0 Å². The van der Waals surface area contributed by atoms with Crippen molar-refractivity contribution in [2.24, 2.45) is 5.92 Å². The fraction of sp³-hybridized carbons (Fsp3) is 0.643. The molecule has 0 saturated carbocycles. The van der Waals surface area contributed by atoms with E-state index in [-0.39, 0.29) is 6.04 Å². The number of sulfonamides is 1. The van der Waals surface area contributed by atoms with Crippen LogP contribution in [0.5, 0.6) is 0 Å². The fourth-order valence-corrected chi connectivity index (χ4v) is 4.07. The van der Waals surface area contributed by atoms with Gasteiger partial charge >= 0.3 is 0 Å². The maximum Gasteiger partial charge on any atom is 0.211 e. The molecule has 0 bridgehead atoms. The molecule has 1 aromatic rings. The van der Waals surface area contributed by atoms with Gasteiger partial charge in [-0.1, -0.05) is 11.6 Å². The first-order valence-corrected chi connectivity index (χ1v) is 9.37. The van der Waals surface area contributed by atoms with Gasteiger partial charge in [-0.3, -0.25) is 4.98 Å². The van der Waals surface area contributed by atoms with Crippen LogP contribution in [0.25, 0.3) is 0 Å². The lowest BCUT2D eigenvalue weighted by Gasteiger charge is -2.33. The second kappa shape index (κ2) is 7.05. The smallest absolute Gasteiger partial charge is 0.211 e. The largest absolute Gasteiger partial charge is 0.312 e. The summed E-state index contributed by atoms with van der Waals surface area (Å²) >= 11 is 6.21. The van der Waals surface area contributed by atoms with E-state index in [0.717, 1.165) is 25.0 Å². The summed E-state index contributed by atoms with van der Waals surface area (Å²) in [7, 11) is -1.22. The molecule has 0 aromatic carbocycles. The van der Waals surface area contributed by atoms with Crippen molar-refractivity contribution in [3.63, 3.8) is 0 Å². The molecular weight excluding hydrogens is 310 g/mol. The third-order valence-electron chi connectivity index (χ3n) is 3.99. The van der Waals surface area contributed by atoms with E-state index in [9.17, 15) is 8.42 Å². The van der Waals surface area contributed by atoms with E-state index in [4.69, 9.17) is 11.6 Å². The number of rotatable bonds is 5. The zero-order chi connectivity index (χ0) is 15.5. The highest BCUT2D eigenvalue weighted by atomic mass is 35.5. The second-order valence-electron chi connectivity index (χ2n) is 5.58. The molecule has 1 fully saturated rings. The Balaban J connectivity index is 2.07. The van der Waals surface area contributed by atoms with Crippen molar-refractivity contribution >= 4 is 21.6 Å². The van der Waals surface area contributed by atoms with Gasteiger partial charge in [0.15, 0.2) is 0 Å². The Hall–Kier alpha value is -0.690. The Morgan fingerprint density at radius 2 is 2.33 bits per heavy atom. The summed E-state index contributed by atoms with van der Waals surface area (Å²) in [6.45, 7) is 1.21. The molecule has 21 heavy (non-hydrogen) atoms. The molecule has 2 atom stereocenters. The molecule has 0 aliphatic carbocycles. The molecule has 2 heterocycles. The number of hydrogen-bond acceptors (Lipinski definition) is 4. The summed E-state index contributed by atoms with van der Waals surface area (Å²) in [4.78, 5) is 4.36. The Labute approximate surface area is 131 Å². The average Bonchev–Trinajstić information content (AvgIpc) is 2.45. The van der Waals surface area contributed by atoms with Crippen LogP contribution in [0.2, 0.25) is 5.02 Å². The van der Waals surface area contributed by atoms with Gasteiger partial charge < -0.3 is 5.32 Å². The summed E-state index contributed by atoms with van der Waals surface area (Å²) in [5.74, 6) is 0.323. The molecule has 0 amide bonds. The molecule has 1 saturated heterocycles. The molecule has 0 radical (unpaired) electrons. The third-order valence-corrected chi connectivity index (χ3v) is 5.57. The van der Waals surface area contributed by atoms with Crippen molar-refractivity contribution in [3.8, 4) is 0 Å². The number of nitrogens with zero attached hydrogens (tertiary/aromatic N) is 2. The molecule has 0 spiro atoms. The Morgan fingerprint density at radius 3 is 2.95 bits per heavy atom. The van der Waals surface area contributed by atoms with Gasteiger partial charge in [-0.2, -0.15) is 0 Å². The molecule has 1 N–H and O–H groups in total. The number of halogens is 1. The lowest BCUT2D eigenvalue weighted by Crippen LogP contribution is -2.40. The van der Waals surface area contributed by atoms with Crippen molar-refractivity contribution in [2.45, 2.75) is 25.3 Å². The average molecular weight is 332 g/mol. The highest BCUT2D eigenvalue weighted by molar-refractivity contribution is 7.88. The molecular formula is C14H22ClN3O2S. The van der Waals surface area contributed by atoms with Crippen molar-refractivity contribution < 1.29 is 8.42 Å². The quantitative estimate of drug-likeness (QED) is 0.897. The Kier molecular flexibility index (Phi) is 5.60. The van der Waals surface area contributed by atoms with Gasteiger partial charge in [-0.05, 0) is 44.4 Å². The van der Waals surface area contributed by atoms with Crippen LogP contribution in [0, 0.1) is 5.92 Å². The monoisotopic (exact) mass is 331 g/mol. The first kappa shape index (κ1) is 16.7. The Morgan fingerprint density at radius 1 is 1.57 bits per heavy atom. The van der Waals surface area contributed by atoms with Crippen molar-refractivity contribution in [2.75, 3.05) is 26.4 Å². The summed E-state index contributed by atoms with van der Waals surface area (Å²) < 4.78 is 25.0. The fourth-order valence-electron chi connectivity index (χ4n) is 2.87. The Bertz CT molecular complexity index is 579. The van der Waals surface area contributed by atoms with E-state index < -0.39 is 10.0 Å². The van der Waals surface area contributed by atoms with Gasteiger partial charge in [0, 0.05) is 19.3 Å². The maximum atomic E-state index is 11.7. The van der Waals surface area contributed by atoms with Gasteiger partial charge in [0.2, 0.25) is 10.0 Å². The van der Waals surface area contributed by atoms with Crippen LogP contribution in [0.15, 0.2) is 18.3 Å². The number of piperidine rings is 1. The molecule has 1 aromatic heterocycles. The minimum absolute atomic E-state index is 0.0446. The van der Waals surface area contributed by atoms with Crippen LogP contribution in [0.4, 0.5) is 0 Å². The summed E-state index contributed by atoms with van der Waals surface area (Å²) in [6, 6.07) is 3.69. The minimum atomic E-state index is -3.10. The van der Waals surface area contributed by atoms with E-state index in [1.165, 1.54) is 6.26 Å². The van der Waals surface area contributed by atoms with E-state index in [1.807, 2.05) is 19.2 Å². The number of hydrogen-bond donors (Lipinski definition) is 1. The number of pyridine rings is 1. The topological polar surface area (TPSA) is 62.3 Å². The predicted molar refractivity (Wildman–Crippen MR) is 84.8 cm³/mol. The number of aromatic nitrogens is 1. The minimum Gasteiger partial charge on any atom is -0.312 e. The lowest BCUT2D eigenvalue weighted by molar-refractivity contribution is 0.239. The summed E-state index contributed by atoms with van der Waals surface area (Å²) in [5, 5.41) is 3.89. The zero-order valence-corrected chi connectivity index (χ0v) is 14.0. The van der Waals surface area contributed by atoms with Crippen LogP contribution in [-0.2, 0) is 10.0 Å². The van der Waals surface area contributed by atoms with Crippen molar-refractivity contribution in [1.82, 2.24) is 14.6 Å². The second-order valence-corrected chi connectivity index (χ2v) is 7.97. The van der Waals surface area contributed by atoms with Gasteiger partial charge in [0.05, 0.1) is 23.0 Å². The van der Waals surface area contributed by atoms with Crippen LogP contribution in [0.3, 0.4) is 0 Å².